The monoisotopic (exact) mass is 268 g/mol. The number of likely N-dealkylation sites (tertiary alicyclic amines) is 1. The van der Waals surface area contributed by atoms with E-state index in [9.17, 15) is 0 Å². The highest BCUT2D eigenvalue weighted by Gasteiger charge is 2.30. The smallest absolute Gasteiger partial charge is 0.0539 e. The van der Waals surface area contributed by atoms with E-state index in [1.165, 1.54) is 17.5 Å². The van der Waals surface area contributed by atoms with Crippen molar-refractivity contribution in [2.24, 2.45) is 5.92 Å². The van der Waals surface area contributed by atoms with Gasteiger partial charge in [0.2, 0.25) is 0 Å². The maximum Gasteiger partial charge on any atom is 0.0539 e. The van der Waals surface area contributed by atoms with Crippen molar-refractivity contribution in [2.75, 3.05) is 6.54 Å². The molecule has 0 saturated carbocycles. The van der Waals surface area contributed by atoms with Gasteiger partial charge in [-0.1, -0.05) is 19.6 Å². The first-order chi connectivity index (χ1) is 9.76. The second kappa shape index (κ2) is 5.59. The predicted octanol–water partition coefficient (Wildman–Crippen LogP) is 2.96. The topological polar surface area (TPSA) is 34.0 Å². The van der Waals surface area contributed by atoms with E-state index < -0.39 is 0 Å². The standard InChI is InChI=1S/C16H20N4/c1-3-20-12-14(8-18-20)11-19-10-13(2)7-16(19)15-5-4-6-17-9-15/h3-6,8-9,12-13,16H,1,7,10-11H2,2H3/t13-,16+/m1/s1. The zero-order chi connectivity index (χ0) is 13.9. The van der Waals surface area contributed by atoms with Crippen LogP contribution in [0, 0.1) is 5.92 Å². The van der Waals surface area contributed by atoms with Crippen molar-refractivity contribution < 1.29 is 0 Å². The summed E-state index contributed by atoms with van der Waals surface area (Å²) < 4.78 is 1.76. The lowest BCUT2D eigenvalue weighted by Crippen LogP contribution is -2.23. The Bertz CT molecular complexity index is 575. The zero-order valence-corrected chi connectivity index (χ0v) is 11.8. The minimum absolute atomic E-state index is 0.464. The van der Waals surface area contributed by atoms with Crippen molar-refractivity contribution in [3.63, 3.8) is 0 Å². The number of hydrogen-bond acceptors (Lipinski definition) is 3. The summed E-state index contributed by atoms with van der Waals surface area (Å²) in [7, 11) is 0. The highest BCUT2D eigenvalue weighted by atomic mass is 15.3. The Kier molecular flexibility index (Phi) is 3.65. The van der Waals surface area contributed by atoms with Crippen LogP contribution < -0.4 is 0 Å². The molecule has 0 N–H and O–H groups in total. The zero-order valence-electron chi connectivity index (χ0n) is 11.8. The lowest BCUT2D eigenvalue weighted by atomic mass is 10.0. The molecule has 2 atom stereocenters. The molecule has 0 aromatic carbocycles. The molecule has 0 spiro atoms. The number of pyridine rings is 1. The van der Waals surface area contributed by atoms with Gasteiger partial charge in [0.15, 0.2) is 0 Å². The van der Waals surface area contributed by atoms with Gasteiger partial charge >= 0.3 is 0 Å². The van der Waals surface area contributed by atoms with Crippen LogP contribution in [-0.2, 0) is 6.54 Å². The van der Waals surface area contributed by atoms with Crippen LogP contribution in [0.3, 0.4) is 0 Å². The van der Waals surface area contributed by atoms with Crippen LogP contribution in [0.25, 0.3) is 6.20 Å². The maximum absolute atomic E-state index is 4.26. The van der Waals surface area contributed by atoms with Gasteiger partial charge in [0.25, 0.3) is 0 Å². The largest absolute Gasteiger partial charge is 0.292 e. The second-order valence-electron chi connectivity index (χ2n) is 5.58. The Balaban J connectivity index is 1.78. The molecule has 1 aliphatic rings. The summed E-state index contributed by atoms with van der Waals surface area (Å²) in [6, 6.07) is 4.66. The van der Waals surface area contributed by atoms with E-state index in [1.807, 2.05) is 30.9 Å². The van der Waals surface area contributed by atoms with Crippen molar-refractivity contribution in [1.29, 1.82) is 0 Å². The molecule has 0 radical (unpaired) electrons. The molecule has 4 heteroatoms. The van der Waals surface area contributed by atoms with E-state index in [1.54, 1.807) is 10.9 Å². The van der Waals surface area contributed by atoms with E-state index in [4.69, 9.17) is 0 Å². The van der Waals surface area contributed by atoms with E-state index in [-0.39, 0.29) is 0 Å². The summed E-state index contributed by atoms with van der Waals surface area (Å²) in [5, 5.41) is 4.25. The Morgan fingerprint density at radius 3 is 3.05 bits per heavy atom. The molecular weight excluding hydrogens is 248 g/mol. The third-order valence-corrected chi connectivity index (χ3v) is 3.91. The van der Waals surface area contributed by atoms with Crippen molar-refractivity contribution in [3.8, 4) is 0 Å². The van der Waals surface area contributed by atoms with Crippen LogP contribution in [0.4, 0.5) is 0 Å². The Hall–Kier alpha value is -1.94. The molecule has 20 heavy (non-hydrogen) atoms. The summed E-state index contributed by atoms with van der Waals surface area (Å²) in [6.07, 6.45) is 10.7. The number of hydrogen-bond donors (Lipinski definition) is 0. The molecule has 1 aliphatic heterocycles. The molecule has 0 aliphatic carbocycles. The van der Waals surface area contributed by atoms with Crippen molar-refractivity contribution >= 4 is 6.20 Å². The number of aromatic nitrogens is 3. The average Bonchev–Trinajstić information content (AvgIpc) is 3.07. The fourth-order valence-electron chi connectivity index (χ4n) is 3.02. The van der Waals surface area contributed by atoms with Gasteiger partial charge in [-0.3, -0.25) is 9.88 Å². The lowest BCUT2D eigenvalue weighted by Gasteiger charge is -2.23. The number of rotatable bonds is 4. The van der Waals surface area contributed by atoms with Crippen molar-refractivity contribution in [1.82, 2.24) is 19.7 Å². The van der Waals surface area contributed by atoms with E-state index in [0.29, 0.717) is 6.04 Å². The van der Waals surface area contributed by atoms with Crippen LogP contribution in [0.15, 0.2) is 43.5 Å². The van der Waals surface area contributed by atoms with Crippen LogP contribution >= 0.6 is 0 Å². The summed E-state index contributed by atoms with van der Waals surface area (Å²) in [6.45, 7) is 8.10. The Morgan fingerprint density at radius 2 is 2.35 bits per heavy atom. The highest BCUT2D eigenvalue weighted by Crippen LogP contribution is 2.35. The van der Waals surface area contributed by atoms with Gasteiger partial charge in [0, 0.05) is 49.5 Å². The second-order valence-corrected chi connectivity index (χ2v) is 5.58. The first-order valence-corrected chi connectivity index (χ1v) is 7.06. The normalized spacial score (nSPS) is 23.1. The summed E-state index contributed by atoms with van der Waals surface area (Å²) >= 11 is 0. The summed E-state index contributed by atoms with van der Waals surface area (Å²) in [5.41, 5.74) is 2.54. The molecule has 2 aromatic heterocycles. The van der Waals surface area contributed by atoms with Gasteiger partial charge in [-0.15, -0.1) is 0 Å². The van der Waals surface area contributed by atoms with Gasteiger partial charge < -0.3 is 0 Å². The number of nitrogens with zero attached hydrogens (tertiary/aromatic N) is 4. The van der Waals surface area contributed by atoms with E-state index in [2.05, 4.69) is 34.6 Å². The molecule has 0 bridgehead atoms. The molecule has 104 valence electrons. The first kappa shape index (κ1) is 13.1. The molecular formula is C16H20N4. The fourth-order valence-corrected chi connectivity index (χ4v) is 3.02. The average molecular weight is 268 g/mol. The molecule has 4 nitrogen and oxygen atoms in total. The van der Waals surface area contributed by atoms with Crippen molar-refractivity contribution in [2.45, 2.75) is 25.9 Å². The summed E-state index contributed by atoms with van der Waals surface area (Å²) in [5.74, 6) is 0.717. The quantitative estimate of drug-likeness (QED) is 0.855. The van der Waals surface area contributed by atoms with Gasteiger partial charge in [-0.25, -0.2) is 4.68 Å². The van der Waals surface area contributed by atoms with Gasteiger partial charge in [0.05, 0.1) is 6.20 Å². The molecule has 1 saturated heterocycles. The third-order valence-electron chi connectivity index (χ3n) is 3.91. The minimum atomic E-state index is 0.464. The van der Waals surface area contributed by atoms with Crippen LogP contribution in [0.5, 0.6) is 0 Å². The lowest BCUT2D eigenvalue weighted by molar-refractivity contribution is 0.245. The Labute approximate surface area is 119 Å². The van der Waals surface area contributed by atoms with E-state index in [0.717, 1.165) is 19.0 Å². The molecule has 0 unspecified atom stereocenters. The highest BCUT2D eigenvalue weighted by molar-refractivity contribution is 5.20. The van der Waals surface area contributed by atoms with Gasteiger partial charge in [-0.2, -0.15) is 5.10 Å². The summed E-state index contributed by atoms with van der Waals surface area (Å²) in [4.78, 5) is 6.78. The predicted molar refractivity (Wildman–Crippen MR) is 79.8 cm³/mol. The van der Waals surface area contributed by atoms with Gasteiger partial charge in [-0.05, 0) is 24.0 Å². The first-order valence-electron chi connectivity index (χ1n) is 7.06. The maximum atomic E-state index is 4.26. The molecule has 2 aromatic rings. The van der Waals surface area contributed by atoms with Crippen molar-refractivity contribution in [3.05, 3.63) is 54.6 Å². The molecule has 1 fully saturated rings. The van der Waals surface area contributed by atoms with Crippen LogP contribution in [-0.4, -0.2) is 26.2 Å². The minimum Gasteiger partial charge on any atom is -0.292 e. The molecule has 3 rings (SSSR count). The van der Waals surface area contributed by atoms with Gasteiger partial charge in [0.1, 0.15) is 0 Å². The van der Waals surface area contributed by atoms with Crippen LogP contribution in [0.1, 0.15) is 30.5 Å². The Morgan fingerprint density at radius 1 is 1.45 bits per heavy atom. The molecule has 3 heterocycles. The van der Waals surface area contributed by atoms with E-state index >= 15 is 0 Å². The fraction of sp³-hybridized carbons (Fsp3) is 0.375. The molecule has 0 amide bonds. The van der Waals surface area contributed by atoms with Crippen LogP contribution in [0.2, 0.25) is 0 Å². The SMILES string of the molecule is C=Cn1cc(CN2C[C@H](C)C[C@H]2c2cccnc2)cn1. The third kappa shape index (κ3) is 2.65.